The monoisotopic (exact) mass is 263 g/mol. The number of carbonyl (C=O) groups excluding carboxylic acids is 1. The van der Waals surface area contributed by atoms with Gasteiger partial charge >= 0.3 is 0 Å². The van der Waals surface area contributed by atoms with Crippen LogP contribution in [0.3, 0.4) is 0 Å². The summed E-state index contributed by atoms with van der Waals surface area (Å²) in [4.78, 5) is 11.2. The van der Waals surface area contributed by atoms with E-state index in [2.05, 4.69) is 5.16 Å². The van der Waals surface area contributed by atoms with E-state index in [9.17, 15) is 14.3 Å². The number of aryl methyl sites for hydroxylation is 1. The number of nitrogens with zero attached hydrogens (tertiary/aromatic N) is 1. The van der Waals surface area contributed by atoms with Crippen LogP contribution in [0.15, 0.2) is 41.3 Å². The van der Waals surface area contributed by atoms with E-state index in [1.54, 1.807) is 6.92 Å². The zero-order valence-corrected chi connectivity index (χ0v) is 9.92. The normalized spacial score (nSPS) is 16.6. The second kappa shape index (κ2) is 4.93. The number of benzene rings is 1. The lowest BCUT2D eigenvalue weighted by Crippen LogP contribution is -2.13. The molecule has 0 saturated heterocycles. The molecule has 1 aliphatic carbocycles. The van der Waals surface area contributed by atoms with Gasteiger partial charge in [0.2, 0.25) is 0 Å². The Balaban J connectivity index is 2.36. The molecule has 0 radical (unpaired) electrons. The Hall–Kier alpha value is -2.63. The predicted octanol–water partition coefficient (Wildman–Crippen LogP) is 2.07. The molecule has 0 aromatic heterocycles. The van der Waals surface area contributed by atoms with Crippen LogP contribution in [-0.2, 0) is 4.79 Å². The van der Waals surface area contributed by atoms with E-state index in [0.717, 1.165) is 18.2 Å². The summed E-state index contributed by atoms with van der Waals surface area (Å²) in [6.45, 7) is 1.58. The molecule has 0 amide bonds. The Labute approximate surface area is 107 Å². The Morgan fingerprint density at radius 3 is 2.74 bits per heavy atom. The van der Waals surface area contributed by atoms with Crippen LogP contribution < -0.4 is 4.74 Å². The summed E-state index contributed by atoms with van der Waals surface area (Å²) in [5, 5.41) is 21.1. The first-order valence-corrected chi connectivity index (χ1v) is 5.34. The fraction of sp³-hybridized carbons (Fsp3) is 0.0769. The van der Waals surface area contributed by atoms with Gasteiger partial charge in [-0.2, -0.15) is 0 Å². The standard InChI is InChI=1S/C13H10FNO4/c1-7-4-9(14)11(17)6-12(7)19-13-5-8(16)2-3-10(13)15-18/h2-6,17-18H,1H3/b15-10+. The van der Waals surface area contributed by atoms with E-state index in [-0.39, 0.29) is 23.0 Å². The van der Waals surface area contributed by atoms with Crippen LogP contribution in [0.2, 0.25) is 0 Å². The second-order valence-electron chi connectivity index (χ2n) is 3.90. The average Bonchev–Trinajstić information content (AvgIpc) is 2.36. The lowest BCUT2D eigenvalue weighted by Gasteiger charge is -2.13. The van der Waals surface area contributed by atoms with Crippen molar-refractivity contribution >= 4 is 11.5 Å². The maximum atomic E-state index is 13.1. The highest BCUT2D eigenvalue weighted by molar-refractivity contribution is 6.18. The van der Waals surface area contributed by atoms with Crippen LogP contribution in [0, 0.1) is 12.7 Å². The van der Waals surface area contributed by atoms with Crippen molar-refractivity contribution in [2.45, 2.75) is 6.92 Å². The molecule has 6 heteroatoms. The van der Waals surface area contributed by atoms with E-state index in [1.165, 1.54) is 12.2 Å². The Morgan fingerprint density at radius 1 is 1.32 bits per heavy atom. The summed E-state index contributed by atoms with van der Waals surface area (Å²) < 4.78 is 18.5. The smallest absolute Gasteiger partial charge is 0.182 e. The van der Waals surface area contributed by atoms with Crippen molar-refractivity contribution in [3.63, 3.8) is 0 Å². The highest BCUT2D eigenvalue weighted by Crippen LogP contribution is 2.28. The zero-order valence-electron chi connectivity index (χ0n) is 9.92. The number of allylic oxidation sites excluding steroid dienone is 3. The zero-order chi connectivity index (χ0) is 14.0. The van der Waals surface area contributed by atoms with Crippen LogP contribution in [0.4, 0.5) is 4.39 Å². The van der Waals surface area contributed by atoms with Crippen molar-refractivity contribution in [3.05, 3.63) is 47.5 Å². The van der Waals surface area contributed by atoms with Crippen LogP contribution >= 0.6 is 0 Å². The van der Waals surface area contributed by atoms with Gasteiger partial charge < -0.3 is 15.1 Å². The number of hydrogen-bond donors (Lipinski definition) is 2. The Bertz CT molecular complexity index is 632. The van der Waals surface area contributed by atoms with Crippen molar-refractivity contribution in [2.24, 2.45) is 5.16 Å². The molecule has 2 rings (SSSR count). The average molecular weight is 263 g/mol. The van der Waals surface area contributed by atoms with Crippen LogP contribution in [-0.4, -0.2) is 21.8 Å². The Kier molecular flexibility index (Phi) is 3.33. The van der Waals surface area contributed by atoms with Crippen molar-refractivity contribution in [2.75, 3.05) is 0 Å². The van der Waals surface area contributed by atoms with Gasteiger partial charge in [-0.15, -0.1) is 0 Å². The minimum atomic E-state index is -0.769. The van der Waals surface area contributed by atoms with Crippen LogP contribution in [0.1, 0.15) is 5.56 Å². The number of aromatic hydroxyl groups is 1. The molecule has 0 unspecified atom stereocenters. The molecule has 0 fully saturated rings. The summed E-state index contributed by atoms with van der Waals surface area (Å²) in [7, 11) is 0. The van der Waals surface area contributed by atoms with Crippen molar-refractivity contribution in [1.29, 1.82) is 0 Å². The largest absolute Gasteiger partial charge is 0.505 e. The molecule has 5 nitrogen and oxygen atoms in total. The maximum absolute atomic E-state index is 13.1. The number of oxime groups is 1. The molecule has 0 atom stereocenters. The number of ether oxygens (including phenoxy) is 1. The van der Waals surface area contributed by atoms with E-state index < -0.39 is 11.6 Å². The number of hydrogen-bond acceptors (Lipinski definition) is 5. The van der Waals surface area contributed by atoms with Gasteiger partial charge in [0.15, 0.2) is 23.1 Å². The van der Waals surface area contributed by atoms with Gasteiger partial charge in [0.1, 0.15) is 11.5 Å². The van der Waals surface area contributed by atoms with Gasteiger partial charge in [-0.1, -0.05) is 5.16 Å². The van der Waals surface area contributed by atoms with Gasteiger partial charge in [-0.05, 0) is 30.7 Å². The molecular formula is C13H10FNO4. The third kappa shape index (κ3) is 2.62. The lowest BCUT2D eigenvalue weighted by atomic mass is 10.1. The lowest BCUT2D eigenvalue weighted by molar-refractivity contribution is -0.110. The van der Waals surface area contributed by atoms with Gasteiger partial charge in [0, 0.05) is 12.1 Å². The summed E-state index contributed by atoms with van der Waals surface area (Å²) in [6.07, 6.45) is 3.64. The summed E-state index contributed by atoms with van der Waals surface area (Å²) >= 11 is 0. The topological polar surface area (TPSA) is 79.1 Å². The second-order valence-corrected chi connectivity index (χ2v) is 3.90. The minimum Gasteiger partial charge on any atom is -0.505 e. The van der Waals surface area contributed by atoms with Gasteiger partial charge in [-0.25, -0.2) is 4.39 Å². The van der Waals surface area contributed by atoms with Gasteiger partial charge in [0.25, 0.3) is 0 Å². The van der Waals surface area contributed by atoms with Crippen molar-refractivity contribution < 1.29 is 24.2 Å². The molecule has 98 valence electrons. The van der Waals surface area contributed by atoms with Crippen LogP contribution in [0.25, 0.3) is 0 Å². The number of phenols is 1. The van der Waals surface area contributed by atoms with E-state index in [0.29, 0.717) is 5.56 Å². The molecule has 0 spiro atoms. The van der Waals surface area contributed by atoms with Crippen molar-refractivity contribution in [3.8, 4) is 11.5 Å². The molecule has 1 aromatic rings. The first-order valence-electron chi connectivity index (χ1n) is 5.34. The van der Waals surface area contributed by atoms with Gasteiger partial charge in [0.05, 0.1) is 0 Å². The quantitative estimate of drug-likeness (QED) is 0.486. The molecule has 1 aliphatic rings. The first-order chi connectivity index (χ1) is 9.01. The highest BCUT2D eigenvalue weighted by Gasteiger charge is 2.16. The minimum absolute atomic E-state index is 0.0177. The van der Waals surface area contributed by atoms with E-state index in [1.807, 2.05) is 0 Å². The number of halogens is 1. The first kappa shape index (κ1) is 12.8. The third-order valence-electron chi connectivity index (χ3n) is 2.50. The summed E-state index contributed by atoms with van der Waals surface area (Å²) in [5.41, 5.74) is 0.485. The fourth-order valence-corrected chi connectivity index (χ4v) is 1.53. The highest BCUT2D eigenvalue weighted by atomic mass is 19.1. The number of ketones is 1. The number of rotatable bonds is 2. The molecule has 19 heavy (non-hydrogen) atoms. The molecule has 1 aromatic carbocycles. The molecule has 0 bridgehead atoms. The molecular weight excluding hydrogens is 253 g/mol. The Morgan fingerprint density at radius 2 is 2.05 bits per heavy atom. The molecule has 0 heterocycles. The fourth-order valence-electron chi connectivity index (χ4n) is 1.53. The van der Waals surface area contributed by atoms with E-state index >= 15 is 0 Å². The predicted molar refractivity (Wildman–Crippen MR) is 64.9 cm³/mol. The van der Waals surface area contributed by atoms with E-state index in [4.69, 9.17) is 9.94 Å². The summed E-state index contributed by atoms with van der Waals surface area (Å²) in [6, 6.07) is 2.19. The SMILES string of the molecule is Cc1cc(F)c(O)cc1OC1=CC(=O)C=C/C1=N\O. The number of phenolic OH excluding ortho intramolecular Hbond substituents is 1. The van der Waals surface area contributed by atoms with Crippen LogP contribution in [0.5, 0.6) is 11.5 Å². The third-order valence-corrected chi connectivity index (χ3v) is 2.50. The number of carbonyl (C=O) groups is 1. The van der Waals surface area contributed by atoms with Gasteiger partial charge in [-0.3, -0.25) is 4.79 Å². The van der Waals surface area contributed by atoms with Crippen molar-refractivity contribution in [1.82, 2.24) is 0 Å². The molecule has 0 aliphatic heterocycles. The maximum Gasteiger partial charge on any atom is 0.182 e. The molecule has 0 saturated carbocycles. The summed E-state index contributed by atoms with van der Waals surface area (Å²) in [5.74, 6) is -1.49. The molecule has 2 N–H and O–H groups in total.